The van der Waals surface area contributed by atoms with E-state index in [9.17, 15) is 4.79 Å². The maximum absolute atomic E-state index is 11.8. The van der Waals surface area contributed by atoms with Gasteiger partial charge in [0.25, 0.3) is 5.91 Å². The third-order valence-electron chi connectivity index (χ3n) is 2.82. The number of carbonyl (C=O) groups is 1. The molecule has 1 amide bonds. The molecular formula is C13H20ClNO2. The summed E-state index contributed by atoms with van der Waals surface area (Å²) in [5, 5.41) is 2.93. The fourth-order valence-corrected chi connectivity index (χ4v) is 1.80. The molecule has 4 heteroatoms. The van der Waals surface area contributed by atoms with E-state index >= 15 is 0 Å². The number of hydrogen-bond donors (Lipinski definition) is 1. The van der Waals surface area contributed by atoms with E-state index in [-0.39, 0.29) is 11.3 Å². The van der Waals surface area contributed by atoms with Crippen molar-refractivity contribution in [3.63, 3.8) is 0 Å². The third-order valence-corrected chi connectivity index (χ3v) is 3.09. The molecule has 96 valence electrons. The summed E-state index contributed by atoms with van der Waals surface area (Å²) in [6.07, 6.45) is 3.50. The Balaban J connectivity index is 2.45. The van der Waals surface area contributed by atoms with Gasteiger partial charge in [-0.1, -0.05) is 13.8 Å². The number of amides is 1. The average molecular weight is 258 g/mol. The van der Waals surface area contributed by atoms with Gasteiger partial charge in [-0.25, -0.2) is 0 Å². The van der Waals surface area contributed by atoms with Crippen molar-refractivity contribution in [1.29, 1.82) is 0 Å². The van der Waals surface area contributed by atoms with Crippen molar-refractivity contribution in [2.75, 3.05) is 12.4 Å². The van der Waals surface area contributed by atoms with Gasteiger partial charge in [0.05, 0.1) is 11.8 Å². The Morgan fingerprint density at radius 3 is 2.76 bits per heavy atom. The second-order valence-electron chi connectivity index (χ2n) is 5.03. The number of alkyl halides is 1. The molecular weight excluding hydrogens is 238 g/mol. The lowest BCUT2D eigenvalue weighted by Gasteiger charge is -2.24. The van der Waals surface area contributed by atoms with Crippen LogP contribution in [-0.4, -0.2) is 18.3 Å². The number of halogens is 1. The summed E-state index contributed by atoms with van der Waals surface area (Å²) in [6.45, 7) is 6.69. The molecule has 0 radical (unpaired) electrons. The van der Waals surface area contributed by atoms with E-state index in [1.54, 1.807) is 13.0 Å². The largest absolute Gasteiger partial charge is 0.469 e. The van der Waals surface area contributed by atoms with Gasteiger partial charge in [0.15, 0.2) is 0 Å². The van der Waals surface area contributed by atoms with E-state index in [0.717, 1.165) is 12.8 Å². The molecule has 0 aliphatic heterocycles. The number of rotatable bonds is 6. The highest BCUT2D eigenvalue weighted by atomic mass is 35.5. The Bertz CT molecular complexity index is 371. The maximum atomic E-state index is 11.8. The summed E-state index contributed by atoms with van der Waals surface area (Å²) < 4.78 is 5.10. The average Bonchev–Trinajstić information content (AvgIpc) is 2.70. The molecule has 0 unspecified atom stereocenters. The Hall–Kier alpha value is -0.960. The zero-order valence-corrected chi connectivity index (χ0v) is 11.4. The van der Waals surface area contributed by atoms with Crippen LogP contribution in [0.15, 0.2) is 16.7 Å². The van der Waals surface area contributed by atoms with Gasteiger partial charge < -0.3 is 9.73 Å². The Morgan fingerprint density at radius 1 is 1.53 bits per heavy atom. The first kappa shape index (κ1) is 14.1. The molecule has 0 aliphatic rings. The molecule has 0 atom stereocenters. The highest BCUT2D eigenvalue weighted by Crippen LogP contribution is 2.21. The smallest absolute Gasteiger partial charge is 0.254 e. The van der Waals surface area contributed by atoms with E-state index < -0.39 is 0 Å². The first-order chi connectivity index (χ1) is 7.96. The van der Waals surface area contributed by atoms with Crippen LogP contribution in [0.3, 0.4) is 0 Å². The molecule has 0 saturated carbocycles. The zero-order chi connectivity index (χ0) is 12.9. The fraction of sp³-hybridized carbons (Fsp3) is 0.615. The van der Waals surface area contributed by atoms with Crippen LogP contribution in [0.4, 0.5) is 0 Å². The van der Waals surface area contributed by atoms with Gasteiger partial charge in [0.2, 0.25) is 0 Å². The van der Waals surface area contributed by atoms with Gasteiger partial charge in [-0.2, -0.15) is 0 Å². The first-order valence-electron chi connectivity index (χ1n) is 5.84. The number of hydrogen-bond acceptors (Lipinski definition) is 2. The minimum atomic E-state index is -0.0739. The van der Waals surface area contributed by atoms with Crippen LogP contribution in [-0.2, 0) is 0 Å². The molecule has 0 bridgehead atoms. The Morgan fingerprint density at radius 2 is 2.24 bits per heavy atom. The number of aryl methyl sites for hydroxylation is 1. The minimum Gasteiger partial charge on any atom is -0.469 e. The van der Waals surface area contributed by atoms with Crippen LogP contribution in [0.1, 0.15) is 42.8 Å². The zero-order valence-electron chi connectivity index (χ0n) is 10.7. The van der Waals surface area contributed by atoms with Crippen molar-refractivity contribution in [3.8, 4) is 0 Å². The minimum absolute atomic E-state index is 0.0716. The summed E-state index contributed by atoms with van der Waals surface area (Å²) in [7, 11) is 0. The summed E-state index contributed by atoms with van der Waals surface area (Å²) >= 11 is 5.67. The van der Waals surface area contributed by atoms with E-state index in [0.29, 0.717) is 23.7 Å². The van der Waals surface area contributed by atoms with Crippen LogP contribution >= 0.6 is 11.6 Å². The molecule has 1 aromatic heterocycles. The van der Waals surface area contributed by atoms with Crippen LogP contribution in [0, 0.1) is 12.3 Å². The molecule has 1 rings (SSSR count). The molecule has 1 aromatic rings. The predicted octanol–water partition coefficient (Wildman–Crippen LogP) is 3.36. The molecule has 3 nitrogen and oxygen atoms in total. The molecule has 0 aliphatic carbocycles. The second kappa shape index (κ2) is 6.10. The van der Waals surface area contributed by atoms with E-state index in [2.05, 4.69) is 19.2 Å². The van der Waals surface area contributed by atoms with Gasteiger partial charge in [0, 0.05) is 12.4 Å². The molecule has 0 aromatic carbocycles. The van der Waals surface area contributed by atoms with Gasteiger partial charge in [-0.15, -0.1) is 11.6 Å². The van der Waals surface area contributed by atoms with Gasteiger partial charge in [-0.05, 0) is 31.2 Å². The predicted molar refractivity (Wildman–Crippen MR) is 69.5 cm³/mol. The van der Waals surface area contributed by atoms with Crippen LogP contribution < -0.4 is 5.32 Å². The number of nitrogens with one attached hydrogen (secondary N) is 1. The summed E-state index contributed by atoms with van der Waals surface area (Å²) in [6, 6.07) is 1.69. The molecule has 1 heterocycles. The Kier molecular flexibility index (Phi) is 5.06. The van der Waals surface area contributed by atoms with Gasteiger partial charge in [-0.3, -0.25) is 4.79 Å². The van der Waals surface area contributed by atoms with Crippen LogP contribution in [0.5, 0.6) is 0 Å². The summed E-state index contributed by atoms with van der Waals surface area (Å²) in [4.78, 5) is 11.8. The van der Waals surface area contributed by atoms with Crippen molar-refractivity contribution < 1.29 is 9.21 Å². The normalized spacial score (nSPS) is 11.5. The first-order valence-corrected chi connectivity index (χ1v) is 6.38. The second-order valence-corrected chi connectivity index (χ2v) is 5.41. The SMILES string of the molecule is Cc1occc1C(=O)NCC(C)(C)CCCCl. The van der Waals surface area contributed by atoms with E-state index in [4.69, 9.17) is 16.0 Å². The highest BCUT2D eigenvalue weighted by molar-refractivity contribution is 6.17. The number of carbonyl (C=O) groups excluding carboxylic acids is 1. The van der Waals surface area contributed by atoms with Crippen molar-refractivity contribution >= 4 is 17.5 Å². The molecule has 0 spiro atoms. The lowest BCUT2D eigenvalue weighted by atomic mass is 9.88. The Labute approximate surface area is 108 Å². The van der Waals surface area contributed by atoms with E-state index in [1.807, 2.05) is 0 Å². The van der Waals surface area contributed by atoms with Crippen molar-refractivity contribution in [3.05, 3.63) is 23.7 Å². The maximum Gasteiger partial charge on any atom is 0.254 e. The monoisotopic (exact) mass is 257 g/mol. The standard InChI is InChI=1S/C13H20ClNO2/c1-10-11(5-8-17-10)12(16)15-9-13(2,3)6-4-7-14/h5,8H,4,6-7,9H2,1-3H3,(H,15,16). The van der Waals surface area contributed by atoms with E-state index in [1.165, 1.54) is 6.26 Å². The lowest BCUT2D eigenvalue weighted by Crippen LogP contribution is -2.34. The third kappa shape index (κ3) is 4.43. The van der Waals surface area contributed by atoms with Gasteiger partial charge in [0.1, 0.15) is 5.76 Å². The quantitative estimate of drug-likeness (QED) is 0.794. The number of furan rings is 1. The topological polar surface area (TPSA) is 42.2 Å². The van der Waals surface area contributed by atoms with Crippen molar-refractivity contribution in [2.45, 2.75) is 33.6 Å². The molecule has 0 fully saturated rings. The molecule has 1 N–H and O–H groups in total. The van der Waals surface area contributed by atoms with Gasteiger partial charge >= 0.3 is 0 Å². The summed E-state index contributed by atoms with van der Waals surface area (Å²) in [5.74, 6) is 1.24. The lowest BCUT2D eigenvalue weighted by molar-refractivity contribution is 0.0933. The molecule has 0 saturated heterocycles. The fourth-order valence-electron chi connectivity index (χ4n) is 1.67. The van der Waals surface area contributed by atoms with Crippen molar-refractivity contribution in [2.24, 2.45) is 5.41 Å². The highest BCUT2D eigenvalue weighted by Gasteiger charge is 2.19. The van der Waals surface area contributed by atoms with Crippen LogP contribution in [0.25, 0.3) is 0 Å². The summed E-state index contributed by atoms with van der Waals surface area (Å²) in [5.41, 5.74) is 0.681. The molecule has 17 heavy (non-hydrogen) atoms. The van der Waals surface area contributed by atoms with Crippen LogP contribution in [0.2, 0.25) is 0 Å². The van der Waals surface area contributed by atoms with Crippen molar-refractivity contribution in [1.82, 2.24) is 5.32 Å².